The summed E-state index contributed by atoms with van der Waals surface area (Å²) in [6, 6.07) is 0. The minimum Gasteiger partial charge on any atom is -0.166 e. The topological polar surface area (TPSA) is 0 Å². The highest BCUT2D eigenvalue weighted by Gasteiger charge is 2.34. The molecule has 0 amide bonds. The maximum atomic E-state index is 12.2. The first kappa shape index (κ1) is 11.0. The second-order valence-corrected chi connectivity index (χ2v) is 4.25. The van der Waals surface area contributed by atoms with Crippen LogP contribution in [0.4, 0.5) is 13.2 Å². The fourth-order valence-electron chi connectivity index (χ4n) is 1.05. The van der Waals surface area contributed by atoms with Crippen LogP contribution in [0, 0.1) is 0 Å². The first-order valence-electron chi connectivity index (χ1n) is 3.61. The monoisotopic (exact) mass is 228 g/mol. The number of alkyl halides is 3. The zero-order valence-corrected chi connectivity index (χ0v) is 8.43. The van der Waals surface area contributed by atoms with Gasteiger partial charge in [0.15, 0.2) is 0 Å². The van der Waals surface area contributed by atoms with Crippen molar-refractivity contribution in [1.29, 1.82) is 0 Å². The van der Waals surface area contributed by atoms with Gasteiger partial charge in [-0.3, -0.25) is 0 Å². The second kappa shape index (κ2) is 3.96. The van der Waals surface area contributed by atoms with Gasteiger partial charge in [0, 0.05) is 10.3 Å². The van der Waals surface area contributed by atoms with Gasteiger partial charge < -0.3 is 0 Å². The first-order chi connectivity index (χ1) is 5.93. The molecule has 0 heterocycles. The Balaban J connectivity index is 2.89. The lowest BCUT2D eigenvalue weighted by atomic mass is 10.1. The van der Waals surface area contributed by atoms with Crippen LogP contribution in [0.5, 0.6) is 0 Å². The summed E-state index contributed by atoms with van der Waals surface area (Å²) < 4.78 is 36.7. The van der Waals surface area contributed by atoms with E-state index >= 15 is 0 Å². The molecule has 1 atom stereocenters. The minimum absolute atomic E-state index is 0.158. The molecule has 0 spiro atoms. The van der Waals surface area contributed by atoms with Crippen LogP contribution in [-0.4, -0.2) is 17.7 Å². The molecule has 0 aromatic rings. The average Bonchev–Trinajstić information content (AvgIpc) is 2.01. The summed E-state index contributed by atoms with van der Waals surface area (Å²) in [5, 5.41) is 0.114. The smallest absolute Gasteiger partial charge is 0.166 e. The third-order valence-electron chi connectivity index (χ3n) is 1.70. The van der Waals surface area contributed by atoms with E-state index in [0.717, 1.165) is 6.08 Å². The maximum Gasteiger partial charge on any atom is 0.416 e. The molecule has 0 aliphatic heterocycles. The minimum atomic E-state index is -4.28. The van der Waals surface area contributed by atoms with Gasteiger partial charge in [0.05, 0.1) is 5.57 Å². The van der Waals surface area contributed by atoms with Gasteiger partial charge in [-0.1, -0.05) is 17.7 Å². The molecule has 0 bridgehead atoms. The van der Waals surface area contributed by atoms with Crippen molar-refractivity contribution in [2.24, 2.45) is 0 Å². The Morgan fingerprint density at radius 1 is 1.54 bits per heavy atom. The van der Waals surface area contributed by atoms with Crippen LogP contribution in [0.15, 0.2) is 22.8 Å². The molecule has 0 saturated heterocycles. The molecule has 1 aliphatic rings. The number of thioether (sulfide) groups is 1. The highest BCUT2D eigenvalue weighted by atomic mass is 35.5. The lowest BCUT2D eigenvalue weighted by Gasteiger charge is -2.18. The molecule has 5 heteroatoms. The lowest BCUT2D eigenvalue weighted by molar-refractivity contribution is -0.0886. The molecule has 1 unspecified atom stereocenters. The Morgan fingerprint density at radius 3 is 2.62 bits per heavy atom. The fraction of sp³-hybridized carbons (Fsp3) is 0.500. The van der Waals surface area contributed by atoms with Crippen LogP contribution >= 0.6 is 23.4 Å². The van der Waals surface area contributed by atoms with Gasteiger partial charge in [0.1, 0.15) is 0 Å². The van der Waals surface area contributed by atoms with E-state index in [1.165, 1.54) is 17.8 Å². The molecule has 13 heavy (non-hydrogen) atoms. The van der Waals surface area contributed by atoms with E-state index in [1.807, 2.05) is 0 Å². The summed E-state index contributed by atoms with van der Waals surface area (Å²) in [6.07, 6.45) is 0.187. The Morgan fingerprint density at radius 2 is 2.15 bits per heavy atom. The molecule has 0 radical (unpaired) electrons. The van der Waals surface area contributed by atoms with Crippen molar-refractivity contribution < 1.29 is 13.2 Å². The second-order valence-electron chi connectivity index (χ2n) is 2.69. The first-order valence-corrected chi connectivity index (χ1v) is 5.28. The Hall–Kier alpha value is -0.0900. The standard InChI is InChI=1S/C8H8ClF3S/c1-13-7-3-5(8(10,11)12)2-6(9)4-7/h2-3,7H,4H2,1H3. The molecule has 0 aromatic heterocycles. The average molecular weight is 229 g/mol. The summed E-state index contributed by atoms with van der Waals surface area (Å²) in [5.41, 5.74) is -0.636. The van der Waals surface area contributed by atoms with E-state index < -0.39 is 11.7 Å². The Kier molecular flexibility index (Phi) is 3.35. The van der Waals surface area contributed by atoms with Crippen LogP contribution in [0.2, 0.25) is 0 Å². The molecule has 0 saturated carbocycles. The Bertz CT molecular complexity index is 255. The normalized spacial score (nSPS) is 23.9. The lowest BCUT2D eigenvalue weighted by Crippen LogP contribution is -2.16. The fourth-order valence-corrected chi connectivity index (χ4v) is 2.06. The number of hydrogen-bond acceptors (Lipinski definition) is 1. The van der Waals surface area contributed by atoms with E-state index in [9.17, 15) is 13.2 Å². The van der Waals surface area contributed by atoms with Crippen LogP contribution in [0.25, 0.3) is 0 Å². The van der Waals surface area contributed by atoms with E-state index in [4.69, 9.17) is 11.6 Å². The number of hydrogen-bond donors (Lipinski definition) is 0. The third kappa shape index (κ3) is 2.95. The van der Waals surface area contributed by atoms with Gasteiger partial charge in [0.2, 0.25) is 0 Å². The highest BCUT2D eigenvalue weighted by Crippen LogP contribution is 2.35. The van der Waals surface area contributed by atoms with Crippen molar-refractivity contribution in [3.63, 3.8) is 0 Å². The van der Waals surface area contributed by atoms with Crippen molar-refractivity contribution in [3.8, 4) is 0 Å². The van der Waals surface area contributed by atoms with Crippen molar-refractivity contribution in [2.75, 3.05) is 6.26 Å². The van der Waals surface area contributed by atoms with Crippen molar-refractivity contribution in [2.45, 2.75) is 17.8 Å². The molecule has 1 aliphatic carbocycles. The van der Waals surface area contributed by atoms with Gasteiger partial charge in [-0.25, -0.2) is 0 Å². The van der Waals surface area contributed by atoms with Crippen molar-refractivity contribution in [3.05, 3.63) is 22.8 Å². The molecule has 0 N–H and O–H groups in total. The predicted molar refractivity (Wildman–Crippen MR) is 50.0 cm³/mol. The van der Waals surface area contributed by atoms with E-state index in [0.29, 0.717) is 6.42 Å². The molecular weight excluding hydrogens is 221 g/mol. The highest BCUT2D eigenvalue weighted by molar-refractivity contribution is 7.99. The largest absolute Gasteiger partial charge is 0.416 e. The van der Waals surface area contributed by atoms with Gasteiger partial charge >= 0.3 is 6.18 Å². The summed E-state index contributed by atoms with van der Waals surface area (Å²) in [5.74, 6) is 0. The SMILES string of the molecule is CSC1C=C(C(F)(F)F)C=C(Cl)C1. The quantitative estimate of drug-likeness (QED) is 0.659. The van der Waals surface area contributed by atoms with Gasteiger partial charge in [0.25, 0.3) is 0 Å². The van der Waals surface area contributed by atoms with Crippen molar-refractivity contribution in [1.82, 2.24) is 0 Å². The molecule has 0 fully saturated rings. The zero-order valence-electron chi connectivity index (χ0n) is 6.86. The molecule has 0 nitrogen and oxygen atoms in total. The number of halogens is 4. The summed E-state index contributed by atoms with van der Waals surface area (Å²) in [6.45, 7) is 0. The van der Waals surface area contributed by atoms with Crippen molar-refractivity contribution >= 4 is 23.4 Å². The third-order valence-corrected chi connectivity index (χ3v) is 2.88. The zero-order chi connectivity index (χ0) is 10.1. The van der Waals surface area contributed by atoms with Gasteiger partial charge in [-0.2, -0.15) is 24.9 Å². The van der Waals surface area contributed by atoms with E-state index in [-0.39, 0.29) is 10.3 Å². The number of rotatable bonds is 1. The summed E-state index contributed by atoms with van der Waals surface area (Å²) >= 11 is 6.97. The maximum absolute atomic E-state index is 12.2. The predicted octanol–water partition coefficient (Wildman–Crippen LogP) is 3.73. The van der Waals surface area contributed by atoms with Gasteiger partial charge in [-0.05, 0) is 18.8 Å². The molecular formula is C8H8ClF3S. The van der Waals surface area contributed by atoms with Crippen LogP contribution in [0.1, 0.15) is 6.42 Å². The number of allylic oxidation sites excluding steroid dienone is 3. The summed E-state index contributed by atoms with van der Waals surface area (Å²) in [7, 11) is 0. The van der Waals surface area contributed by atoms with Crippen LogP contribution in [0.3, 0.4) is 0 Å². The van der Waals surface area contributed by atoms with E-state index in [1.54, 1.807) is 6.26 Å². The molecule has 74 valence electrons. The van der Waals surface area contributed by atoms with Crippen LogP contribution < -0.4 is 0 Å². The van der Waals surface area contributed by atoms with E-state index in [2.05, 4.69) is 0 Å². The molecule has 1 rings (SSSR count). The molecule has 0 aromatic carbocycles. The van der Waals surface area contributed by atoms with Gasteiger partial charge in [-0.15, -0.1) is 0 Å². The van der Waals surface area contributed by atoms with Crippen LogP contribution in [-0.2, 0) is 0 Å². The Labute approximate surface area is 83.8 Å². The summed E-state index contributed by atoms with van der Waals surface area (Å²) in [4.78, 5) is 0.